The van der Waals surface area contributed by atoms with Gasteiger partial charge in [0.1, 0.15) is 5.82 Å². The molecule has 5 heteroatoms. The van der Waals surface area contributed by atoms with Crippen molar-refractivity contribution in [2.45, 2.75) is 20.0 Å². The van der Waals surface area contributed by atoms with Crippen LogP contribution in [-0.2, 0) is 9.53 Å². The van der Waals surface area contributed by atoms with E-state index < -0.39 is 17.9 Å². The first kappa shape index (κ1) is 12.9. The maximum atomic E-state index is 13.2. The molecule has 0 saturated carbocycles. The number of hydrogen-bond acceptors (Lipinski definition) is 3. The van der Waals surface area contributed by atoms with E-state index in [-0.39, 0.29) is 17.2 Å². The Kier molecular flexibility index (Phi) is 4.26. The number of ether oxygens (including phenoxy) is 1. The first-order chi connectivity index (χ1) is 7.49. The minimum Gasteiger partial charge on any atom is -0.464 e. The summed E-state index contributed by atoms with van der Waals surface area (Å²) in [4.78, 5) is 11.3. The second-order valence-electron chi connectivity index (χ2n) is 3.25. The number of aliphatic hydroxyl groups is 1. The van der Waals surface area contributed by atoms with Crippen molar-refractivity contribution in [1.82, 2.24) is 0 Å². The van der Waals surface area contributed by atoms with Gasteiger partial charge in [-0.15, -0.1) is 0 Å². The second-order valence-corrected chi connectivity index (χ2v) is 3.62. The average Bonchev–Trinajstić information content (AvgIpc) is 2.24. The van der Waals surface area contributed by atoms with Crippen molar-refractivity contribution in [3.05, 3.63) is 34.1 Å². The number of benzene rings is 1. The molecule has 3 nitrogen and oxygen atoms in total. The molecule has 1 aromatic rings. The van der Waals surface area contributed by atoms with Crippen LogP contribution in [0, 0.1) is 12.7 Å². The summed E-state index contributed by atoms with van der Waals surface area (Å²) in [7, 11) is 0. The van der Waals surface area contributed by atoms with Crippen molar-refractivity contribution in [2.24, 2.45) is 0 Å². The fourth-order valence-electron chi connectivity index (χ4n) is 1.34. The van der Waals surface area contributed by atoms with E-state index in [0.717, 1.165) is 0 Å². The number of carbonyl (C=O) groups is 1. The SMILES string of the molecule is CCOC(=O)C(O)c1c(C)ccc(F)c1Cl. The zero-order valence-electron chi connectivity index (χ0n) is 8.96. The number of rotatable bonds is 3. The topological polar surface area (TPSA) is 46.5 Å². The largest absolute Gasteiger partial charge is 0.464 e. The molecule has 1 aromatic carbocycles. The smallest absolute Gasteiger partial charge is 0.339 e. The number of esters is 1. The van der Waals surface area contributed by atoms with E-state index in [4.69, 9.17) is 11.6 Å². The van der Waals surface area contributed by atoms with Gasteiger partial charge >= 0.3 is 5.97 Å². The highest BCUT2D eigenvalue weighted by atomic mass is 35.5. The molecule has 0 aliphatic carbocycles. The first-order valence-electron chi connectivity index (χ1n) is 4.78. The zero-order valence-corrected chi connectivity index (χ0v) is 9.71. The van der Waals surface area contributed by atoms with Crippen molar-refractivity contribution in [3.63, 3.8) is 0 Å². The predicted octanol–water partition coefficient (Wildman–Crippen LogP) is 2.38. The van der Waals surface area contributed by atoms with Crippen molar-refractivity contribution in [2.75, 3.05) is 6.61 Å². The zero-order chi connectivity index (χ0) is 12.3. The molecule has 0 heterocycles. The van der Waals surface area contributed by atoms with Crippen LogP contribution in [0.25, 0.3) is 0 Å². The minimum absolute atomic E-state index is 0.0557. The molecule has 0 aromatic heterocycles. The van der Waals surface area contributed by atoms with Crippen molar-refractivity contribution in [1.29, 1.82) is 0 Å². The van der Waals surface area contributed by atoms with Gasteiger partial charge in [-0.05, 0) is 25.5 Å². The van der Waals surface area contributed by atoms with Gasteiger partial charge in [0.25, 0.3) is 0 Å². The fraction of sp³-hybridized carbons (Fsp3) is 0.364. The molecule has 1 atom stereocenters. The Morgan fingerprint density at radius 2 is 2.25 bits per heavy atom. The summed E-state index contributed by atoms with van der Waals surface area (Å²) >= 11 is 5.69. The van der Waals surface area contributed by atoms with Crippen molar-refractivity contribution >= 4 is 17.6 Å². The maximum Gasteiger partial charge on any atom is 0.339 e. The highest BCUT2D eigenvalue weighted by molar-refractivity contribution is 6.31. The molecule has 0 spiro atoms. The lowest BCUT2D eigenvalue weighted by Crippen LogP contribution is -2.17. The lowest BCUT2D eigenvalue weighted by Gasteiger charge is -2.14. The molecular formula is C11H12ClFO3. The number of aryl methyl sites for hydroxylation is 1. The Morgan fingerprint density at radius 1 is 1.62 bits per heavy atom. The van der Waals surface area contributed by atoms with E-state index in [0.29, 0.717) is 5.56 Å². The van der Waals surface area contributed by atoms with Gasteiger partial charge in [0.15, 0.2) is 6.10 Å². The van der Waals surface area contributed by atoms with Crippen molar-refractivity contribution in [3.8, 4) is 0 Å². The fourth-order valence-corrected chi connectivity index (χ4v) is 1.65. The lowest BCUT2D eigenvalue weighted by atomic mass is 10.0. The molecular weight excluding hydrogens is 235 g/mol. The van der Waals surface area contributed by atoms with Crippen molar-refractivity contribution < 1.29 is 19.0 Å². The minimum atomic E-state index is -1.55. The summed E-state index contributed by atoms with van der Waals surface area (Å²) in [5.74, 6) is -1.51. The van der Waals surface area contributed by atoms with E-state index in [1.807, 2.05) is 0 Å². The van der Waals surface area contributed by atoms with Crippen LogP contribution in [0.4, 0.5) is 4.39 Å². The molecule has 16 heavy (non-hydrogen) atoms. The van der Waals surface area contributed by atoms with Gasteiger partial charge in [-0.3, -0.25) is 0 Å². The Balaban J connectivity index is 3.12. The van der Waals surface area contributed by atoms with E-state index in [2.05, 4.69) is 4.74 Å². The van der Waals surface area contributed by atoms with Gasteiger partial charge in [-0.1, -0.05) is 17.7 Å². The summed E-state index contributed by atoms with van der Waals surface area (Å²) in [5.41, 5.74) is 0.590. The normalized spacial score (nSPS) is 12.3. The number of halogens is 2. The van der Waals surface area contributed by atoms with Crippen LogP contribution in [-0.4, -0.2) is 17.7 Å². The number of hydrogen-bond donors (Lipinski definition) is 1. The molecule has 0 amide bonds. The lowest BCUT2D eigenvalue weighted by molar-refractivity contribution is -0.153. The molecule has 88 valence electrons. The maximum absolute atomic E-state index is 13.2. The molecule has 1 unspecified atom stereocenters. The number of carbonyl (C=O) groups excluding carboxylic acids is 1. The van der Waals surface area contributed by atoms with Crippen LogP contribution in [0.15, 0.2) is 12.1 Å². The molecule has 0 aliphatic heterocycles. The summed E-state index contributed by atoms with van der Waals surface area (Å²) < 4.78 is 17.8. The van der Waals surface area contributed by atoms with Gasteiger partial charge in [-0.25, -0.2) is 9.18 Å². The second kappa shape index (κ2) is 5.27. The Bertz CT molecular complexity index is 406. The quantitative estimate of drug-likeness (QED) is 0.833. The van der Waals surface area contributed by atoms with Gasteiger partial charge in [-0.2, -0.15) is 0 Å². The molecule has 1 N–H and O–H groups in total. The standard InChI is InChI=1S/C11H12ClFO3/c1-3-16-11(15)10(14)8-6(2)4-5-7(13)9(8)12/h4-5,10,14H,3H2,1-2H3. The van der Waals surface area contributed by atoms with Crippen LogP contribution in [0.3, 0.4) is 0 Å². The molecule has 0 aliphatic rings. The van der Waals surface area contributed by atoms with Crippen LogP contribution in [0.1, 0.15) is 24.2 Å². The third kappa shape index (κ3) is 2.51. The van der Waals surface area contributed by atoms with Crippen LogP contribution < -0.4 is 0 Å². The molecule has 0 saturated heterocycles. The van der Waals surface area contributed by atoms with Gasteiger partial charge in [0.2, 0.25) is 0 Å². The average molecular weight is 247 g/mol. The molecule has 0 bridgehead atoms. The van der Waals surface area contributed by atoms with Crippen LogP contribution in [0.5, 0.6) is 0 Å². The molecule has 1 rings (SSSR count). The monoisotopic (exact) mass is 246 g/mol. The summed E-state index contributed by atoms with van der Waals surface area (Å²) in [6, 6.07) is 2.62. The van der Waals surface area contributed by atoms with Gasteiger partial charge in [0, 0.05) is 5.56 Å². The summed E-state index contributed by atoms with van der Waals surface area (Å²) in [6.45, 7) is 3.38. The molecule has 0 radical (unpaired) electrons. The third-order valence-corrected chi connectivity index (χ3v) is 2.52. The highest BCUT2D eigenvalue weighted by Crippen LogP contribution is 2.29. The van der Waals surface area contributed by atoms with E-state index in [9.17, 15) is 14.3 Å². The Hall–Kier alpha value is -1.13. The van der Waals surface area contributed by atoms with E-state index in [1.54, 1.807) is 13.8 Å². The number of aliphatic hydroxyl groups excluding tert-OH is 1. The Labute approximate surface area is 97.8 Å². The van der Waals surface area contributed by atoms with Crippen LogP contribution in [0.2, 0.25) is 5.02 Å². The summed E-state index contributed by atoms with van der Waals surface area (Å²) in [5, 5.41) is 9.43. The van der Waals surface area contributed by atoms with E-state index >= 15 is 0 Å². The third-order valence-electron chi connectivity index (χ3n) is 2.13. The molecule has 0 fully saturated rings. The highest BCUT2D eigenvalue weighted by Gasteiger charge is 2.24. The van der Waals surface area contributed by atoms with Gasteiger partial charge < -0.3 is 9.84 Å². The predicted molar refractivity (Wildman–Crippen MR) is 57.7 cm³/mol. The van der Waals surface area contributed by atoms with Crippen LogP contribution >= 0.6 is 11.6 Å². The van der Waals surface area contributed by atoms with Gasteiger partial charge in [0.05, 0.1) is 11.6 Å². The van der Waals surface area contributed by atoms with E-state index in [1.165, 1.54) is 12.1 Å². The first-order valence-corrected chi connectivity index (χ1v) is 5.16. The summed E-state index contributed by atoms with van der Waals surface area (Å²) in [6.07, 6.45) is -1.55. The Morgan fingerprint density at radius 3 is 2.81 bits per heavy atom.